The summed E-state index contributed by atoms with van der Waals surface area (Å²) in [6.45, 7) is 0.288. The Balaban J connectivity index is 2.00. The zero-order chi connectivity index (χ0) is 13.7. The number of nitrogens with zero attached hydrogens (tertiary/aromatic N) is 1. The zero-order valence-electron chi connectivity index (χ0n) is 10.3. The number of carbonyl (C=O) groups excluding carboxylic acids is 2. The van der Waals surface area contributed by atoms with E-state index in [1.807, 2.05) is 0 Å². The van der Waals surface area contributed by atoms with E-state index in [4.69, 9.17) is 0 Å². The molecule has 0 saturated carbocycles. The Morgan fingerprint density at radius 2 is 2.21 bits per heavy atom. The number of nitrogens with one attached hydrogen (secondary N) is 1. The maximum atomic E-state index is 11.6. The fourth-order valence-corrected chi connectivity index (χ4v) is 1.53. The van der Waals surface area contributed by atoms with Crippen molar-refractivity contribution in [3.05, 3.63) is 53.4 Å². The van der Waals surface area contributed by atoms with Crippen LogP contribution >= 0.6 is 0 Å². The van der Waals surface area contributed by atoms with E-state index in [-0.39, 0.29) is 18.1 Å². The fraction of sp³-hybridized carbons (Fsp3) is 0.154. The topological polar surface area (TPSA) is 81.4 Å². The minimum atomic E-state index is -0.412. The van der Waals surface area contributed by atoms with Crippen LogP contribution in [0, 0.1) is 0 Å². The standard InChI is InChI=1S/C13H12N2O4/c1-18-13(17)10-4-2-3-9(7-10)8-14-12(16)11-5-6-19-15-11/h2-7H,8H2,1H3,(H,14,16). The summed E-state index contributed by atoms with van der Waals surface area (Å²) in [5, 5.41) is 6.20. The lowest BCUT2D eigenvalue weighted by atomic mass is 10.1. The Hall–Kier alpha value is -2.63. The van der Waals surface area contributed by atoms with Crippen LogP contribution in [0.2, 0.25) is 0 Å². The van der Waals surface area contributed by atoms with E-state index in [0.717, 1.165) is 5.56 Å². The molecule has 0 saturated heterocycles. The number of esters is 1. The van der Waals surface area contributed by atoms with Crippen molar-refractivity contribution in [2.24, 2.45) is 0 Å². The van der Waals surface area contributed by atoms with Gasteiger partial charge >= 0.3 is 5.97 Å². The van der Waals surface area contributed by atoms with Crippen molar-refractivity contribution in [3.63, 3.8) is 0 Å². The van der Waals surface area contributed by atoms with Crippen molar-refractivity contribution in [2.45, 2.75) is 6.54 Å². The van der Waals surface area contributed by atoms with Gasteiger partial charge in [0.2, 0.25) is 0 Å². The number of methoxy groups -OCH3 is 1. The van der Waals surface area contributed by atoms with Gasteiger partial charge in [0.15, 0.2) is 5.69 Å². The minimum Gasteiger partial charge on any atom is -0.465 e. The SMILES string of the molecule is COC(=O)c1cccc(CNC(=O)c2ccon2)c1. The van der Waals surface area contributed by atoms with Gasteiger partial charge in [0, 0.05) is 12.6 Å². The van der Waals surface area contributed by atoms with Crippen LogP contribution in [0.4, 0.5) is 0 Å². The molecule has 0 spiro atoms. The minimum absolute atomic E-state index is 0.212. The quantitative estimate of drug-likeness (QED) is 0.840. The highest BCUT2D eigenvalue weighted by atomic mass is 16.5. The van der Waals surface area contributed by atoms with Crippen molar-refractivity contribution in [3.8, 4) is 0 Å². The van der Waals surface area contributed by atoms with Gasteiger partial charge in [-0.2, -0.15) is 0 Å². The first kappa shape index (κ1) is 12.8. The number of ether oxygens (including phenoxy) is 1. The molecule has 0 bridgehead atoms. The third kappa shape index (κ3) is 3.19. The molecule has 0 atom stereocenters. The van der Waals surface area contributed by atoms with Gasteiger partial charge in [-0.1, -0.05) is 17.3 Å². The van der Waals surface area contributed by atoms with Gasteiger partial charge in [-0.05, 0) is 17.7 Å². The van der Waals surface area contributed by atoms with Crippen LogP contribution in [0.25, 0.3) is 0 Å². The summed E-state index contributed by atoms with van der Waals surface area (Å²) in [6.07, 6.45) is 1.33. The summed E-state index contributed by atoms with van der Waals surface area (Å²) >= 11 is 0. The van der Waals surface area contributed by atoms with Crippen LogP contribution in [0.3, 0.4) is 0 Å². The number of rotatable bonds is 4. The van der Waals surface area contributed by atoms with Crippen molar-refractivity contribution in [1.29, 1.82) is 0 Å². The van der Waals surface area contributed by atoms with E-state index >= 15 is 0 Å². The zero-order valence-corrected chi connectivity index (χ0v) is 10.3. The number of aromatic nitrogens is 1. The molecule has 6 nitrogen and oxygen atoms in total. The molecule has 2 aromatic rings. The summed E-state index contributed by atoms with van der Waals surface area (Å²) in [5.41, 5.74) is 1.44. The molecule has 1 amide bonds. The molecular weight excluding hydrogens is 248 g/mol. The van der Waals surface area contributed by atoms with E-state index in [2.05, 4.69) is 19.7 Å². The van der Waals surface area contributed by atoms with E-state index < -0.39 is 5.97 Å². The van der Waals surface area contributed by atoms with Crippen LogP contribution in [0.1, 0.15) is 26.4 Å². The Bertz CT molecular complexity index is 578. The summed E-state index contributed by atoms with van der Waals surface area (Å²) in [5.74, 6) is -0.748. The van der Waals surface area contributed by atoms with Crippen LogP contribution in [-0.2, 0) is 11.3 Å². The molecule has 2 rings (SSSR count). The molecule has 1 heterocycles. The van der Waals surface area contributed by atoms with Crippen LogP contribution in [0.15, 0.2) is 41.1 Å². The molecule has 1 aromatic carbocycles. The molecular formula is C13H12N2O4. The Labute approximate surface area is 109 Å². The molecule has 0 aliphatic heterocycles. The molecule has 19 heavy (non-hydrogen) atoms. The lowest BCUT2D eigenvalue weighted by molar-refractivity contribution is 0.0600. The monoisotopic (exact) mass is 260 g/mol. The maximum absolute atomic E-state index is 11.6. The second-order valence-corrected chi connectivity index (χ2v) is 3.76. The number of benzene rings is 1. The van der Waals surface area contributed by atoms with Gasteiger partial charge in [0.1, 0.15) is 6.26 Å². The van der Waals surface area contributed by atoms with Crippen molar-refractivity contribution >= 4 is 11.9 Å². The predicted octanol–water partition coefficient (Wildman–Crippen LogP) is 1.39. The van der Waals surface area contributed by atoms with Gasteiger partial charge < -0.3 is 14.6 Å². The fourth-order valence-electron chi connectivity index (χ4n) is 1.53. The highest BCUT2D eigenvalue weighted by Gasteiger charge is 2.09. The smallest absolute Gasteiger partial charge is 0.337 e. The van der Waals surface area contributed by atoms with Gasteiger partial charge in [-0.25, -0.2) is 4.79 Å². The average Bonchev–Trinajstić information content (AvgIpc) is 2.98. The molecule has 0 fully saturated rings. The van der Waals surface area contributed by atoms with Gasteiger partial charge in [-0.3, -0.25) is 4.79 Å². The van der Waals surface area contributed by atoms with Crippen molar-refractivity contribution in [1.82, 2.24) is 10.5 Å². The Morgan fingerprint density at radius 3 is 2.89 bits per heavy atom. The molecule has 98 valence electrons. The van der Waals surface area contributed by atoms with Crippen LogP contribution in [-0.4, -0.2) is 24.1 Å². The number of carbonyl (C=O) groups is 2. The normalized spacial score (nSPS) is 9.95. The highest BCUT2D eigenvalue weighted by molar-refractivity contribution is 5.92. The Kier molecular flexibility index (Phi) is 3.92. The number of amides is 1. The first-order valence-electron chi connectivity index (χ1n) is 5.56. The van der Waals surface area contributed by atoms with E-state index in [0.29, 0.717) is 5.56 Å². The summed E-state index contributed by atoms with van der Waals surface area (Å²) in [7, 11) is 1.32. The van der Waals surface area contributed by atoms with Crippen molar-refractivity contribution < 1.29 is 18.8 Å². The molecule has 1 aromatic heterocycles. The summed E-state index contributed by atoms with van der Waals surface area (Å²) in [6, 6.07) is 8.31. The molecule has 0 radical (unpaired) electrons. The third-order valence-electron chi connectivity index (χ3n) is 2.47. The van der Waals surface area contributed by atoms with Crippen LogP contribution in [0.5, 0.6) is 0 Å². The largest absolute Gasteiger partial charge is 0.465 e. The van der Waals surface area contributed by atoms with Gasteiger partial charge in [-0.15, -0.1) is 0 Å². The van der Waals surface area contributed by atoms with Gasteiger partial charge in [0.25, 0.3) is 5.91 Å². The molecule has 6 heteroatoms. The van der Waals surface area contributed by atoms with Crippen LogP contribution < -0.4 is 5.32 Å². The third-order valence-corrected chi connectivity index (χ3v) is 2.47. The van der Waals surface area contributed by atoms with E-state index in [1.165, 1.54) is 19.4 Å². The highest BCUT2D eigenvalue weighted by Crippen LogP contribution is 2.07. The predicted molar refractivity (Wildman–Crippen MR) is 65.5 cm³/mol. The average molecular weight is 260 g/mol. The molecule has 0 unspecified atom stereocenters. The second-order valence-electron chi connectivity index (χ2n) is 3.76. The van der Waals surface area contributed by atoms with E-state index in [1.54, 1.807) is 24.3 Å². The van der Waals surface area contributed by atoms with Gasteiger partial charge in [0.05, 0.1) is 12.7 Å². The first-order valence-corrected chi connectivity index (χ1v) is 5.56. The Morgan fingerprint density at radius 1 is 1.37 bits per heavy atom. The molecule has 0 aliphatic rings. The molecule has 0 aliphatic carbocycles. The lowest BCUT2D eigenvalue weighted by Crippen LogP contribution is -2.23. The molecule has 1 N–H and O–H groups in total. The first-order chi connectivity index (χ1) is 9.20. The number of hydrogen-bond donors (Lipinski definition) is 1. The van der Waals surface area contributed by atoms with E-state index in [9.17, 15) is 9.59 Å². The second kappa shape index (κ2) is 5.81. The number of hydrogen-bond acceptors (Lipinski definition) is 5. The van der Waals surface area contributed by atoms with Crippen molar-refractivity contribution in [2.75, 3.05) is 7.11 Å². The summed E-state index contributed by atoms with van der Waals surface area (Å²) < 4.78 is 9.21. The summed E-state index contributed by atoms with van der Waals surface area (Å²) in [4.78, 5) is 23.0. The maximum Gasteiger partial charge on any atom is 0.337 e. The lowest BCUT2D eigenvalue weighted by Gasteiger charge is -2.05.